The molecular weight excluding hydrogens is 242 g/mol. The van der Waals surface area contributed by atoms with Crippen LogP contribution in [0.5, 0.6) is 0 Å². The highest BCUT2D eigenvalue weighted by atomic mass is 16.3. The standard InChI is InChI=1S/C14H23N3O2/c1-4-6-15-13-9-11(3)16-10-12(13)14(19)17(5-2)7-8-18/h9-10,18H,4-8H2,1-3H3,(H,15,16). The number of anilines is 1. The lowest BCUT2D eigenvalue weighted by atomic mass is 10.1. The van der Waals surface area contributed by atoms with E-state index in [1.54, 1.807) is 11.1 Å². The van der Waals surface area contributed by atoms with Crippen molar-refractivity contribution in [2.75, 3.05) is 31.6 Å². The highest BCUT2D eigenvalue weighted by Crippen LogP contribution is 2.18. The Hall–Kier alpha value is -1.62. The molecule has 1 aromatic rings. The zero-order valence-electron chi connectivity index (χ0n) is 11.9. The fourth-order valence-electron chi connectivity index (χ4n) is 1.83. The third-order valence-corrected chi connectivity index (χ3v) is 2.88. The third kappa shape index (κ3) is 4.21. The summed E-state index contributed by atoms with van der Waals surface area (Å²) in [6.45, 7) is 7.57. The minimum absolute atomic E-state index is 0.0312. The van der Waals surface area contributed by atoms with Gasteiger partial charge in [0, 0.05) is 31.5 Å². The van der Waals surface area contributed by atoms with Crippen molar-refractivity contribution >= 4 is 11.6 Å². The summed E-state index contributed by atoms with van der Waals surface area (Å²) in [6.07, 6.45) is 2.60. The van der Waals surface area contributed by atoms with Crippen molar-refractivity contribution in [2.45, 2.75) is 27.2 Å². The van der Waals surface area contributed by atoms with Gasteiger partial charge in [-0.1, -0.05) is 6.92 Å². The number of amides is 1. The number of carbonyl (C=O) groups excluding carboxylic acids is 1. The lowest BCUT2D eigenvalue weighted by Gasteiger charge is -2.21. The summed E-state index contributed by atoms with van der Waals surface area (Å²) < 4.78 is 0. The maximum Gasteiger partial charge on any atom is 0.257 e. The Balaban J connectivity index is 2.99. The molecule has 5 nitrogen and oxygen atoms in total. The summed E-state index contributed by atoms with van der Waals surface area (Å²) in [5, 5.41) is 12.2. The molecule has 0 unspecified atom stereocenters. The molecule has 0 aliphatic heterocycles. The van der Waals surface area contributed by atoms with Gasteiger partial charge in [0.25, 0.3) is 5.91 Å². The van der Waals surface area contributed by atoms with E-state index in [1.165, 1.54) is 0 Å². The van der Waals surface area contributed by atoms with Crippen LogP contribution in [0.25, 0.3) is 0 Å². The van der Waals surface area contributed by atoms with Gasteiger partial charge in [-0.15, -0.1) is 0 Å². The second kappa shape index (κ2) is 7.74. The number of aryl methyl sites for hydroxylation is 1. The molecule has 1 heterocycles. The van der Waals surface area contributed by atoms with Crippen molar-refractivity contribution in [2.24, 2.45) is 0 Å². The monoisotopic (exact) mass is 265 g/mol. The van der Waals surface area contributed by atoms with Crippen LogP contribution in [-0.4, -0.2) is 47.1 Å². The Morgan fingerprint density at radius 2 is 2.21 bits per heavy atom. The van der Waals surface area contributed by atoms with Crippen LogP contribution in [0.4, 0.5) is 5.69 Å². The summed E-state index contributed by atoms with van der Waals surface area (Å²) in [4.78, 5) is 18.2. The van der Waals surface area contributed by atoms with Crippen LogP contribution in [0, 0.1) is 6.92 Å². The summed E-state index contributed by atoms with van der Waals surface area (Å²) in [5.74, 6) is -0.0948. The topological polar surface area (TPSA) is 65.5 Å². The molecule has 5 heteroatoms. The van der Waals surface area contributed by atoms with E-state index in [0.29, 0.717) is 18.7 Å². The molecule has 19 heavy (non-hydrogen) atoms. The molecule has 0 fully saturated rings. The van der Waals surface area contributed by atoms with E-state index < -0.39 is 0 Å². The van der Waals surface area contributed by atoms with E-state index in [0.717, 1.165) is 24.3 Å². The fraction of sp³-hybridized carbons (Fsp3) is 0.571. The van der Waals surface area contributed by atoms with Gasteiger partial charge in [-0.3, -0.25) is 9.78 Å². The molecule has 1 aromatic heterocycles. The number of carbonyl (C=O) groups is 1. The van der Waals surface area contributed by atoms with E-state index in [-0.39, 0.29) is 12.5 Å². The number of aliphatic hydroxyl groups is 1. The number of rotatable bonds is 7. The SMILES string of the molecule is CCCNc1cc(C)ncc1C(=O)N(CC)CCO. The van der Waals surface area contributed by atoms with Crippen molar-refractivity contribution < 1.29 is 9.90 Å². The van der Waals surface area contributed by atoms with Gasteiger partial charge in [-0.05, 0) is 26.3 Å². The van der Waals surface area contributed by atoms with E-state index >= 15 is 0 Å². The molecule has 0 spiro atoms. The van der Waals surface area contributed by atoms with Crippen LogP contribution in [0.1, 0.15) is 36.3 Å². The van der Waals surface area contributed by atoms with E-state index in [4.69, 9.17) is 5.11 Å². The maximum atomic E-state index is 12.4. The van der Waals surface area contributed by atoms with Gasteiger partial charge in [-0.25, -0.2) is 0 Å². The maximum absolute atomic E-state index is 12.4. The normalized spacial score (nSPS) is 10.3. The molecule has 1 rings (SSSR count). The zero-order chi connectivity index (χ0) is 14.3. The Morgan fingerprint density at radius 1 is 1.47 bits per heavy atom. The molecule has 0 atom stereocenters. The predicted molar refractivity (Wildman–Crippen MR) is 76.4 cm³/mol. The van der Waals surface area contributed by atoms with Crippen LogP contribution in [0.2, 0.25) is 0 Å². The van der Waals surface area contributed by atoms with Crippen LogP contribution in [0.15, 0.2) is 12.3 Å². The summed E-state index contributed by atoms with van der Waals surface area (Å²) in [7, 11) is 0. The van der Waals surface area contributed by atoms with E-state index in [1.807, 2.05) is 19.9 Å². The minimum Gasteiger partial charge on any atom is -0.395 e. The number of hydrogen-bond acceptors (Lipinski definition) is 4. The number of aromatic nitrogens is 1. The van der Waals surface area contributed by atoms with Crippen molar-refractivity contribution in [3.63, 3.8) is 0 Å². The second-order valence-corrected chi connectivity index (χ2v) is 4.41. The van der Waals surface area contributed by atoms with Crippen molar-refractivity contribution in [3.05, 3.63) is 23.5 Å². The summed E-state index contributed by atoms with van der Waals surface area (Å²) in [5.41, 5.74) is 2.26. The number of aliphatic hydroxyl groups excluding tert-OH is 1. The Labute approximate surface area is 114 Å². The lowest BCUT2D eigenvalue weighted by Crippen LogP contribution is -2.34. The molecule has 0 aromatic carbocycles. The number of pyridine rings is 1. The summed E-state index contributed by atoms with van der Waals surface area (Å²) >= 11 is 0. The molecule has 0 aliphatic rings. The van der Waals surface area contributed by atoms with Gasteiger partial charge < -0.3 is 15.3 Å². The minimum atomic E-state index is -0.0948. The third-order valence-electron chi connectivity index (χ3n) is 2.88. The van der Waals surface area contributed by atoms with Crippen molar-refractivity contribution in [3.8, 4) is 0 Å². The van der Waals surface area contributed by atoms with Gasteiger partial charge in [0.2, 0.25) is 0 Å². The quantitative estimate of drug-likeness (QED) is 0.787. The number of nitrogens with one attached hydrogen (secondary N) is 1. The largest absolute Gasteiger partial charge is 0.395 e. The first-order valence-electron chi connectivity index (χ1n) is 6.74. The van der Waals surface area contributed by atoms with Gasteiger partial charge in [0.1, 0.15) is 0 Å². The van der Waals surface area contributed by atoms with Crippen LogP contribution >= 0.6 is 0 Å². The molecule has 106 valence electrons. The fourth-order valence-corrected chi connectivity index (χ4v) is 1.83. The molecule has 0 aliphatic carbocycles. The first-order valence-corrected chi connectivity index (χ1v) is 6.74. The average Bonchev–Trinajstić information content (AvgIpc) is 2.42. The average molecular weight is 265 g/mol. The molecule has 0 saturated heterocycles. The number of likely N-dealkylation sites (N-methyl/N-ethyl adjacent to an activating group) is 1. The molecule has 0 bridgehead atoms. The van der Waals surface area contributed by atoms with E-state index in [2.05, 4.69) is 17.2 Å². The van der Waals surface area contributed by atoms with Crippen LogP contribution < -0.4 is 5.32 Å². The molecule has 0 radical (unpaired) electrons. The van der Waals surface area contributed by atoms with Crippen molar-refractivity contribution in [1.82, 2.24) is 9.88 Å². The van der Waals surface area contributed by atoms with Gasteiger partial charge in [0.05, 0.1) is 17.9 Å². The lowest BCUT2D eigenvalue weighted by molar-refractivity contribution is 0.0732. The smallest absolute Gasteiger partial charge is 0.257 e. The zero-order valence-corrected chi connectivity index (χ0v) is 11.9. The second-order valence-electron chi connectivity index (χ2n) is 4.41. The van der Waals surface area contributed by atoms with Crippen LogP contribution in [0.3, 0.4) is 0 Å². The van der Waals surface area contributed by atoms with Gasteiger partial charge >= 0.3 is 0 Å². The van der Waals surface area contributed by atoms with Crippen LogP contribution in [-0.2, 0) is 0 Å². The molecule has 2 N–H and O–H groups in total. The van der Waals surface area contributed by atoms with E-state index in [9.17, 15) is 4.79 Å². The Kier molecular flexibility index (Phi) is 6.29. The predicted octanol–water partition coefficient (Wildman–Crippen LogP) is 1.67. The Bertz CT molecular complexity index is 421. The van der Waals surface area contributed by atoms with Crippen molar-refractivity contribution in [1.29, 1.82) is 0 Å². The van der Waals surface area contributed by atoms with Gasteiger partial charge in [0.15, 0.2) is 0 Å². The molecular formula is C14H23N3O2. The number of hydrogen-bond donors (Lipinski definition) is 2. The number of nitrogens with zero attached hydrogens (tertiary/aromatic N) is 2. The molecule has 1 amide bonds. The highest BCUT2D eigenvalue weighted by molar-refractivity contribution is 5.99. The Morgan fingerprint density at radius 3 is 2.79 bits per heavy atom. The summed E-state index contributed by atoms with van der Waals surface area (Å²) in [6, 6.07) is 1.88. The highest BCUT2D eigenvalue weighted by Gasteiger charge is 2.17. The first kappa shape index (κ1) is 15.4. The molecule has 0 saturated carbocycles. The first-order chi connectivity index (χ1) is 9.13. The van der Waals surface area contributed by atoms with Gasteiger partial charge in [-0.2, -0.15) is 0 Å².